The fourth-order valence-electron chi connectivity index (χ4n) is 5.71. The summed E-state index contributed by atoms with van der Waals surface area (Å²) in [5.74, 6) is 1.08. The van der Waals surface area contributed by atoms with Crippen LogP contribution in [0.15, 0.2) is 79.4 Å². The van der Waals surface area contributed by atoms with E-state index in [1.807, 2.05) is 64.2 Å². The van der Waals surface area contributed by atoms with E-state index in [0.717, 1.165) is 35.5 Å². The highest BCUT2D eigenvalue weighted by atomic mass is 19.1. The first-order chi connectivity index (χ1) is 17.7. The minimum Gasteiger partial charge on any atom is -0.355 e. The molecule has 0 bridgehead atoms. The van der Waals surface area contributed by atoms with Gasteiger partial charge < -0.3 is 14.2 Å². The lowest BCUT2D eigenvalue weighted by molar-refractivity contribution is 0.0785. The van der Waals surface area contributed by atoms with Gasteiger partial charge in [-0.3, -0.25) is 14.8 Å². The molecule has 6 heterocycles. The summed E-state index contributed by atoms with van der Waals surface area (Å²) in [6, 6.07) is 16.5. The quantitative estimate of drug-likeness (QED) is 0.387. The van der Waals surface area contributed by atoms with Gasteiger partial charge in [-0.25, -0.2) is 9.37 Å². The Morgan fingerprint density at radius 1 is 0.889 bits per heavy atom. The second kappa shape index (κ2) is 8.12. The topological polar surface area (TPSA) is 66.6 Å². The highest BCUT2D eigenvalue weighted by Crippen LogP contribution is 2.36. The zero-order valence-electron chi connectivity index (χ0n) is 19.5. The predicted molar refractivity (Wildman–Crippen MR) is 135 cm³/mol. The molecule has 0 spiro atoms. The summed E-state index contributed by atoms with van der Waals surface area (Å²) >= 11 is 0. The fourth-order valence-corrected chi connectivity index (χ4v) is 5.71. The highest BCUT2D eigenvalue weighted by molar-refractivity contribution is 6.07. The van der Waals surface area contributed by atoms with E-state index < -0.39 is 5.82 Å². The van der Waals surface area contributed by atoms with Crippen molar-refractivity contribution in [1.82, 2.24) is 24.3 Å². The minimum absolute atomic E-state index is 0.0739. The summed E-state index contributed by atoms with van der Waals surface area (Å²) in [5, 5.41) is 0. The maximum Gasteiger partial charge on any atom is 0.256 e. The number of rotatable bonds is 3. The van der Waals surface area contributed by atoms with E-state index in [1.165, 1.54) is 6.07 Å². The SMILES string of the molecule is O=C(c1c(-c2ncccc2F)cn2ccccc12)N1C[C@@H]2CN(c3cnc4ccccc4n3)C[C@@H]2C1. The van der Waals surface area contributed by atoms with Gasteiger partial charge in [0.1, 0.15) is 17.3 Å². The van der Waals surface area contributed by atoms with E-state index in [-0.39, 0.29) is 11.6 Å². The number of hydrogen-bond donors (Lipinski definition) is 0. The summed E-state index contributed by atoms with van der Waals surface area (Å²) in [5.41, 5.74) is 3.76. The summed E-state index contributed by atoms with van der Waals surface area (Å²) in [7, 11) is 0. The summed E-state index contributed by atoms with van der Waals surface area (Å²) in [6.45, 7) is 2.99. The Balaban J connectivity index is 1.16. The van der Waals surface area contributed by atoms with Crippen molar-refractivity contribution in [1.29, 1.82) is 0 Å². The number of pyridine rings is 2. The molecule has 0 unspecified atom stereocenters. The van der Waals surface area contributed by atoms with Crippen LogP contribution in [0.5, 0.6) is 0 Å². The lowest BCUT2D eigenvalue weighted by atomic mass is 10.0. The molecule has 1 amide bonds. The van der Waals surface area contributed by atoms with Crippen molar-refractivity contribution in [3.05, 3.63) is 90.8 Å². The van der Waals surface area contributed by atoms with Crippen molar-refractivity contribution in [2.75, 3.05) is 31.1 Å². The number of nitrogens with zero attached hydrogens (tertiary/aromatic N) is 6. The molecule has 178 valence electrons. The van der Waals surface area contributed by atoms with Crippen LogP contribution in [-0.2, 0) is 0 Å². The maximum absolute atomic E-state index is 14.7. The van der Waals surface area contributed by atoms with Crippen LogP contribution in [0.1, 0.15) is 10.4 Å². The Labute approximate surface area is 206 Å². The van der Waals surface area contributed by atoms with Crippen LogP contribution in [-0.4, -0.2) is 56.3 Å². The van der Waals surface area contributed by atoms with Gasteiger partial charge in [0.05, 0.1) is 28.3 Å². The van der Waals surface area contributed by atoms with Gasteiger partial charge in [0.2, 0.25) is 0 Å². The van der Waals surface area contributed by atoms with Gasteiger partial charge in [0.25, 0.3) is 5.91 Å². The molecule has 2 aliphatic rings. The Morgan fingerprint density at radius 3 is 2.47 bits per heavy atom. The fraction of sp³-hybridized carbons (Fsp3) is 0.214. The van der Waals surface area contributed by atoms with Gasteiger partial charge >= 0.3 is 0 Å². The smallest absolute Gasteiger partial charge is 0.256 e. The molecule has 2 fully saturated rings. The minimum atomic E-state index is -0.437. The summed E-state index contributed by atoms with van der Waals surface area (Å²) in [4.78, 5) is 31.7. The van der Waals surface area contributed by atoms with E-state index in [1.54, 1.807) is 18.5 Å². The van der Waals surface area contributed by atoms with Gasteiger partial charge in [-0.1, -0.05) is 18.2 Å². The average molecular weight is 479 g/mol. The van der Waals surface area contributed by atoms with Crippen molar-refractivity contribution < 1.29 is 9.18 Å². The van der Waals surface area contributed by atoms with Crippen LogP contribution in [0.25, 0.3) is 27.8 Å². The molecule has 2 saturated heterocycles. The van der Waals surface area contributed by atoms with E-state index in [2.05, 4.69) is 14.9 Å². The van der Waals surface area contributed by atoms with Crippen molar-refractivity contribution >= 4 is 28.3 Å². The third-order valence-corrected chi connectivity index (χ3v) is 7.44. The van der Waals surface area contributed by atoms with Crippen molar-refractivity contribution in [2.45, 2.75) is 0 Å². The average Bonchev–Trinajstić information content (AvgIpc) is 3.60. The van der Waals surface area contributed by atoms with Crippen LogP contribution in [0.2, 0.25) is 0 Å². The van der Waals surface area contributed by atoms with E-state index in [4.69, 9.17) is 4.98 Å². The molecule has 2 aliphatic heterocycles. The molecule has 0 aliphatic carbocycles. The largest absolute Gasteiger partial charge is 0.355 e. The van der Waals surface area contributed by atoms with E-state index in [0.29, 0.717) is 36.1 Å². The third kappa shape index (κ3) is 3.32. The van der Waals surface area contributed by atoms with Crippen molar-refractivity contribution in [3.8, 4) is 11.3 Å². The second-order valence-electron chi connectivity index (χ2n) is 9.60. The summed E-state index contributed by atoms with van der Waals surface area (Å²) < 4.78 is 16.6. The molecule has 0 radical (unpaired) electrons. The molecular formula is C28H23FN6O. The Morgan fingerprint density at radius 2 is 1.67 bits per heavy atom. The molecule has 5 aromatic rings. The zero-order chi connectivity index (χ0) is 24.2. The molecule has 4 aromatic heterocycles. The van der Waals surface area contributed by atoms with Gasteiger partial charge in [-0.15, -0.1) is 0 Å². The molecule has 7 nitrogen and oxygen atoms in total. The van der Waals surface area contributed by atoms with Crippen LogP contribution < -0.4 is 4.90 Å². The number of carbonyl (C=O) groups excluding carboxylic acids is 1. The zero-order valence-corrected chi connectivity index (χ0v) is 19.5. The van der Waals surface area contributed by atoms with Crippen LogP contribution in [0.3, 0.4) is 0 Å². The third-order valence-electron chi connectivity index (χ3n) is 7.44. The number of halogens is 1. The first kappa shape index (κ1) is 21.0. The Bertz CT molecular complexity index is 1620. The first-order valence-electron chi connectivity index (χ1n) is 12.1. The number of para-hydroxylation sites is 2. The molecular weight excluding hydrogens is 455 g/mol. The summed E-state index contributed by atoms with van der Waals surface area (Å²) in [6.07, 6.45) is 7.06. The predicted octanol–water partition coefficient (Wildman–Crippen LogP) is 4.29. The van der Waals surface area contributed by atoms with Gasteiger partial charge in [-0.05, 0) is 36.4 Å². The van der Waals surface area contributed by atoms with Gasteiger partial charge in [-0.2, -0.15) is 0 Å². The molecule has 2 atom stereocenters. The standard InChI is InChI=1S/C28H23FN6O/c29-21-6-5-10-30-27(21)20-17-33-11-4-3-9-24(33)26(20)28(36)35-15-18-13-34(14-19(18)16-35)25-12-31-22-7-1-2-8-23(22)32-25/h1-12,17-19H,13-16H2/t18-,19+. The van der Waals surface area contributed by atoms with Crippen LogP contribution in [0.4, 0.5) is 10.2 Å². The number of likely N-dealkylation sites (tertiary alicyclic amines) is 1. The number of amides is 1. The van der Waals surface area contributed by atoms with E-state index in [9.17, 15) is 9.18 Å². The Kier molecular flexibility index (Phi) is 4.73. The number of aromatic nitrogens is 4. The molecule has 7 rings (SSSR count). The number of benzene rings is 1. The van der Waals surface area contributed by atoms with Crippen molar-refractivity contribution in [3.63, 3.8) is 0 Å². The van der Waals surface area contributed by atoms with Crippen molar-refractivity contribution in [2.24, 2.45) is 11.8 Å². The monoisotopic (exact) mass is 478 g/mol. The molecule has 36 heavy (non-hydrogen) atoms. The van der Waals surface area contributed by atoms with Crippen LogP contribution >= 0.6 is 0 Å². The normalized spacial score (nSPS) is 19.4. The molecule has 8 heteroatoms. The van der Waals surface area contributed by atoms with Crippen LogP contribution in [0, 0.1) is 17.7 Å². The number of hydrogen-bond acceptors (Lipinski definition) is 5. The number of carbonyl (C=O) groups is 1. The second-order valence-corrected chi connectivity index (χ2v) is 9.60. The van der Waals surface area contributed by atoms with Gasteiger partial charge in [0, 0.05) is 62.2 Å². The lowest BCUT2D eigenvalue weighted by Gasteiger charge is -2.23. The first-order valence-corrected chi connectivity index (χ1v) is 12.1. The van der Waals surface area contributed by atoms with E-state index >= 15 is 0 Å². The Hall–Kier alpha value is -4.33. The lowest BCUT2D eigenvalue weighted by Crippen LogP contribution is -2.33. The highest BCUT2D eigenvalue weighted by Gasteiger charge is 2.43. The maximum atomic E-state index is 14.7. The number of anilines is 1. The molecule has 1 aromatic carbocycles. The molecule has 0 saturated carbocycles. The molecule has 0 N–H and O–H groups in total. The van der Waals surface area contributed by atoms with Gasteiger partial charge in [0.15, 0.2) is 0 Å². The number of fused-ring (bicyclic) bond motifs is 3.